The highest BCUT2D eigenvalue weighted by Gasteiger charge is 2.39. The number of fused-ring (bicyclic) bond motifs is 1. The Morgan fingerprint density at radius 2 is 1.80 bits per heavy atom. The maximum atomic E-state index is 14.0. The van der Waals surface area contributed by atoms with Crippen LogP contribution < -0.4 is 4.74 Å². The number of para-hydroxylation sites is 1. The van der Waals surface area contributed by atoms with E-state index in [9.17, 15) is 26.0 Å². The van der Waals surface area contributed by atoms with E-state index in [0.29, 0.717) is 18.6 Å². The molecule has 4 aromatic rings. The summed E-state index contributed by atoms with van der Waals surface area (Å²) >= 11 is 0. The number of ether oxygens (including phenoxy) is 1. The van der Waals surface area contributed by atoms with Gasteiger partial charge in [0.15, 0.2) is 0 Å². The quantitative estimate of drug-likeness (QED) is 0.132. The summed E-state index contributed by atoms with van der Waals surface area (Å²) in [6.45, 7) is 2.49. The Labute approximate surface area is 266 Å². The number of halogens is 4. The fraction of sp³-hybridized carbons (Fsp3) is 0.343. The summed E-state index contributed by atoms with van der Waals surface area (Å²) < 4.78 is 90.7. The lowest BCUT2D eigenvalue weighted by atomic mass is 9.80. The molecule has 0 saturated heterocycles. The molecule has 0 saturated carbocycles. The average molecular weight is 654 g/mol. The van der Waals surface area contributed by atoms with E-state index in [0.717, 1.165) is 47.5 Å². The van der Waals surface area contributed by atoms with Crippen molar-refractivity contribution in [2.45, 2.75) is 50.5 Å². The Balaban J connectivity index is 1.28. The molecule has 6 rings (SSSR count). The largest absolute Gasteiger partial charge is 0.496 e. The van der Waals surface area contributed by atoms with Crippen molar-refractivity contribution in [1.82, 2.24) is 14.1 Å². The molecule has 1 aromatic heterocycles. The fourth-order valence-electron chi connectivity index (χ4n) is 6.96. The Kier molecular flexibility index (Phi) is 8.82. The standard InChI is InChI=1S/C35H35F4N3O3S/c1-23-31-20-40-42(30-14-12-29(36)13-15-30)32(31)19-26-10-11-27(34(23)26)21-41(17-16-25-7-3-4-9-33(25)45-2)46(43,44)22-24-6-5-8-28(18-24)35(37,38)39/h3-9,12-15,18,20,23,27H,10-11,16-17,19,21-22H2,1-2H3/t23-,27+/m0/s1. The summed E-state index contributed by atoms with van der Waals surface area (Å²) in [5.41, 5.74) is 5.41. The molecule has 46 heavy (non-hydrogen) atoms. The van der Waals surface area contributed by atoms with Crippen molar-refractivity contribution < 1.29 is 30.7 Å². The second-order valence-corrected chi connectivity index (χ2v) is 14.0. The normalized spacial score (nSPS) is 18.2. The minimum atomic E-state index is -4.57. The van der Waals surface area contributed by atoms with Crippen molar-refractivity contribution in [3.8, 4) is 11.4 Å². The third kappa shape index (κ3) is 6.48. The highest BCUT2D eigenvalue weighted by molar-refractivity contribution is 7.88. The molecule has 2 atom stereocenters. The molecular weight excluding hydrogens is 618 g/mol. The summed E-state index contributed by atoms with van der Waals surface area (Å²) in [4.78, 5) is 0. The number of methoxy groups -OCH3 is 1. The zero-order valence-corrected chi connectivity index (χ0v) is 26.4. The van der Waals surface area contributed by atoms with E-state index in [4.69, 9.17) is 4.74 Å². The van der Waals surface area contributed by atoms with E-state index in [1.165, 1.54) is 39.7 Å². The molecular formula is C35H35F4N3O3S. The number of sulfonamides is 1. The molecule has 0 radical (unpaired) electrons. The van der Waals surface area contributed by atoms with Crippen LogP contribution in [0.1, 0.15) is 53.6 Å². The minimum absolute atomic E-state index is 0.00249. The number of nitrogens with zero attached hydrogens (tertiary/aromatic N) is 3. The van der Waals surface area contributed by atoms with Gasteiger partial charge < -0.3 is 4.74 Å². The van der Waals surface area contributed by atoms with Crippen LogP contribution >= 0.6 is 0 Å². The molecule has 2 aliphatic rings. The van der Waals surface area contributed by atoms with Crippen LogP contribution in [0.3, 0.4) is 0 Å². The van der Waals surface area contributed by atoms with Gasteiger partial charge in [-0.15, -0.1) is 0 Å². The Bertz CT molecular complexity index is 1870. The second kappa shape index (κ2) is 12.7. The van der Waals surface area contributed by atoms with Gasteiger partial charge in [0, 0.05) is 31.0 Å². The summed E-state index contributed by atoms with van der Waals surface area (Å²) in [6, 6.07) is 18.1. The van der Waals surface area contributed by atoms with Crippen molar-refractivity contribution in [2.75, 3.05) is 20.2 Å². The molecule has 6 nitrogen and oxygen atoms in total. The van der Waals surface area contributed by atoms with Crippen molar-refractivity contribution in [3.63, 3.8) is 0 Å². The Morgan fingerprint density at radius 1 is 1.04 bits per heavy atom. The Hall–Kier alpha value is -3.96. The zero-order valence-electron chi connectivity index (χ0n) is 25.6. The number of benzene rings is 3. The molecule has 0 spiro atoms. The lowest BCUT2D eigenvalue weighted by Crippen LogP contribution is -2.38. The average Bonchev–Trinajstić information content (AvgIpc) is 3.64. The third-order valence-corrected chi connectivity index (χ3v) is 11.0. The molecule has 0 fully saturated rings. The van der Waals surface area contributed by atoms with Gasteiger partial charge >= 0.3 is 6.18 Å². The van der Waals surface area contributed by atoms with Crippen LogP contribution in [0.4, 0.5) is 17.6 Å². The van der Waals surface area contributed by atoms with Gasteiger partial charge in [0.05, 0.1) is 36.0 Å². The smallest absolute Gasteiger partial charge is 0.416 e. The lowest BCUT2D eigenvalue weighted by molar-refractivity contribution is -0.137. The predicted octanol–water partition coefficient (Wildman–Crippen LogP) is 7.48. The monoisotopic (exact) mass is 653 g/mol. The highest BCUT2D eigenvalue weighted by Crippen LogP contribution is 2.47. The van der Waals surface area contributed by atoms with E-state index >= 15 is 0 Å². The van der Waals surface area contributed by atoms with Crippen LogP contribution in [0.25, 0.3) is 5.69 Å². The van der Waals surface area contributed by atoms with Gasteiger partial charge in [0.2, 0.25) is 10.0 Å². The van der Waals surface area contributed by atoms with Gasteiger partial charge in [-0.3, -0.25) is 0 Å². The second-order valence-electron chi connectivity index (χ2n) is 12.0. The first kappa shape index (κ1) is 32.0. The van der Waals surface area contributed by atoms with Gasteiger partial charge in [-0.2, -0.15) is 18.3 Å². The summed E-state index contributed by atoms with van der Waals surface area (Å²) in [6.07, 6.45) is -0.0988. The molecule has 2 aliphatic carbocycles. The number of hydrogen-bond donors (Lipinski definition) is 0. The highest BCUT2D eigenvalue weighted by atomic mass is 32.2. The molecule has 0 bridgehead atoms. The number of allylic oxidation sites excluding steroid dienone is 1. The maximum Gasteiger partial charge on any atom is 0.416 e. The van der Waals surface area contributed by atoms with Gasteiger partial charge in [0.1, 0.15) is 11.6 Å². The lowest BCUT2D eigenvalue weighted by Gasteiger charge is -2.31. The first-order valence-electron chi connectivity index (χ1n) is 15.2. The number of alkyl halides is 3. The van der Waals surface area contributed by atoms with Crippen LogP contribution in [0.15, 0.2) is 90.1 Å². The number of rotatable bonds is 10. The minimum Gasteiger partial charge on any atom is -0.496 e. The van der Waals surface area contributed by atoms with Gasteiger partial charge in [-0.05, 0) is 72.7 Å². The van der Waals surface area contributed by atoms with E-state index in [2.05, 4.69) is 12.0 Å². The molecule has 1 heterocycles. The van der Waals surface area contributed by atoms with Crippen LogP contribution in [-0.4, -0.2) is 42.7 Å². The van der Waals surface area contributed by atoms with E-state index in [1.807, 2.05) is 35.1 Å². The van der Waals surface area contributed by atoms with E-state index < -0.39 is 27.5 Å². The molecule has 3 aromatic carbocycles. The zero-order chi connectivity index (χ0) is 32.6. The van der Waals surface area contributed by atoms with Crippen molar-refractivity contribution in [3.05, 3.63) is 124 Å². The van der Waals surface area contributed by atoms with E-state index in [-0.39, 0.29) is 36.3 Å². The summed E-state index contributed by atoms with van der Waals surface area (Å²) in [5.74, 6) is -0.259. The van der Waals surface area contributed by atoms with E-state index in [1.54, 1.807) is 19.2 Å². The van der Waals surface area contributed by atoms with Crippen molar-refractivity contribution >= 4 is 10.0 Å². The first-order chi connectivity index (χ1) is 21.9. The first-order valence-corrected chi connectivity index (χ1v) is 16.9. The summed E-state index contributed by atoms with van der Waals surface area (Å²) in [7, 11) is -2.45. The number of hydrogen-bond acceptors (Lipinski definition) is 4. The summed E-state index contributed by atoms with van der Waals surface area (Å²) in [5, 5.41) is 4.62. The molecule has 0 amide bonds. The molecule has 0 N–H and O–H groups in total. The van der Waals surface area contributed by atoms with Gasteiger partial charge in [-0.1, -0.05) is 54.5 Å². The fourth-order valence-corrected chi connectivity index (χ4v) is 8.52. The van der Waals surface area contributed by atoms with Crippen LogP contribution in [0, 0.1) is 11.7 Å². The van der Waals surface area contributed by atoms with Crippen LogP contribution in [-0.2, 0) is 34.8 Å². The van der Waals surface area contributed by atoms with Crippen LogP contribution in [0.5, 0.6) is 5.75 Å². The van der Waals surface area contributed by atoms with Gasteiger partial charge in [0.25, 0.3) is 0 Å². The van der Waals surface area contributed by atoms with Crippen LogP contribution in [0.2, 0.25) is 0 Å². The Morgan fingerprint density at radius 3 is 2.54 bits per heavy atom. The molecule has 0 aliphatic heterocycles. The number of aromatic nitrogens is 2. The molecule has 242 valence electrons. The van der Waals surface area contributed by atoms with Gasteiger partial charge in [-0.25, -0.2) is 21.8 Å². The molecule has 11 heteroatoms. The third-order valence-electron chi connectivity index (χ3n) is 9.17. The van der Waals surface area contributed by atoms with Crippen molar-refractivity contribution in [2.24, 2.45) is 5.92 Å². The maximum absolute atomic E-state index is 14.0. The molecule has 0 unspecified atom stereocenters. The predicted molar refractivity (Wildman–Crippen MR) is 168 cm³/mol. The SMILES string of the molecule is COc1ccccc1CCN(C[C@H]1CCC2=C1[C@@H](C)c1cnn(-c3ccc(F)cc3)c1C2)S(=O)(=O)Cc1cccc(C(F)(F)F)c1. The topological polar surface area (TPSA) is 64.4 Å². The van der Waals surface area contributed by atoms with Crippen molar-refractivity contribution in [1.29, 1.82) is 0 Å².